The molecule has 1 atom stereocenters. The first-order valence-electron chi connectivity index (χ1n) is 7.71. The first-order chi connectivity index (χ1) is 11.7. The maximum Gasteiger partial charge on any atom is 0.133 e. The van der Waals surface area contributed by atoms with E-state index in [1.165, 1.54) is 0 Å². The third-order valence-corrected chi connectivity index (χ3v) is 4.17. The summed E-state index contributed by atoms with van der Waals surface area (Å²) in [5, 5.41) is 8.27. The summed E-state index contributed by atoms with van der Waals surface area (Å²) in [6.07, 6.45) is 0. The molecule has 0 saturated heterocycles. The fourth-order valence-electron chi connectivity index (χ4n) is 2.62. The minimum absolute atomic E-state index is 0.0541. The Bertz CT molecular complexity index is 799. The van der Waals surface area contributed by atoms with E-state index < -0.39 is 0 Å². The van der Waals surface area contributed by atoms with E-state index in [0.717, 1.165) is 33.4 Å². The highest BCUT2D eigenvalue weighted by Crippen LogP contribution is 2.29. The maximum absolute atomic E-state index is 6.41. The van der Waals surface area contributed by atoms with Crippen LogP contribution in [-0.4, -0.2) is 12.3 Å². The lowest BCUT2D eigenvalue weighted by Crippen LogP contribution is -2.22. The van der Waals surface area contributed by atoms with E-state index >= 15 is 0 Å². The zero-order valence-corrected chi connectivity index (χ0v) is 14.4. The van der Waals surface area contributed by atoms with Gasteiger partial charge in [-0.25, -0.2) is 0 Å². The summed E-state index contributed by atoms with van der Waals surface area (Å²) < 4.78 is 10.4. The van der Waals surface area contributed by atoms with E-state index in [0.29, 0.717) is 6.54 Å². The minimum atomic E-state index is -0.0541. The van der Waals surface area contributed by atoms with Crippen molar-refractivity contribution in [2.24, 2.45) is 0 Å². The molecule has 24 heavy (non-hydrogen) atoms. The van der Waals surface area contributed by atoms with Crippen LogP contribution in [0.5, 0.6) is 5.75 Å². The fourth-order valence-corrected chi connectivity index (χ4v) is 2.87. The van der Waals surface area contributed by atoms with E-state index in [1.54, 1.807) is 7.11 Å². The SMILES string of the molecule is COc1ccc(C(NCc2cc(C)on2)c2ccccc2Cl)cc1. The lowest BCUT2D eigenvalue weighted by molar-refractivity contribution is 0.387. The number of hydrogen-bond acceptors (Lipinski definition) is 4. The van der Waals surface area contributed by atoms with Gasteiger partial charge < -0.3 is 14.6 Å². The number of nitrogens with zero attached hydrogens (tertiary/aromatic N) is 1. The van der Waals surface area contributed by atoms with Gasteiger partial charge in [-0.15, -0.1) is 0 Å². The highest BCUT2D eigenvalue weighted by molar-refractivity contribution is 6.31. The molecule has 124 valence electrons. The Kier molecular flexibility index (Phi) is 5.18. The summed E-state index contributed by atoms with van der Waals surface area (Å²) in [5.41, 5.74) is 2.98. The van der Waals surface area contributed by atoms with Crippen LogP contribution in [0, 0.1) is 6.92 Å². The number of benzene rings is 2. The molecule has 1 N–H and O–H groups in total. The molecule has 2 aromatic carbocycles. The molecular formula is C19H19ClN2O2. The number of nitrogens with one attached hydrogen (secondary N) is 1. The number of ether oxygens (including phenoxy) is 1. The van der Waals surface area contributed by atoms with Crippen LogP contribution in [0.15, 0.2) is 59.1 Å². The Morgan fingerprint density at radius 2 is 1.92 bits per heavy atom. The van der Waals surface area contributed by atoms with Crippen LogP contribution < -0.4 is 10.1 Å². The van der Waals surface area contributed by atoms with E-state index in [-0.39, 0.29) is 6.04 Å². The standard InChI is InChI=1S/C19H19ClN2O2/c1-13-11-15(22-24-13)12-21-19(17-5-3-4-6-18(17)20)14-7-9-16(23-2)10-8-14/h3-11,19,21H,12H2,1-2H3. The highest BCUT2D eigenvalue weighted by Gasteiger charge is 2.17. The Labute approximate surface area is 146 Å². The second-order valence-corrected chi connectivity index (χ2v) is 5.94. The van der Waals surface area contributed by atoms with E-state index in [9.17, 15) is 0 Å². The molecule has 0 spiro atoms. The molecule has 3 aromatic rings. The fraction of sp³-hybridized carbons (Fsp3) is 0.211. The lowest BCUT2D eigenvalue weighted by Gasteiger charge is -2.20. The molecule has 1 heterocycles. The van der Waals surface area contributed by atoms with Gasteiger partial charge in [-0.05, 0) is 36.2 Å². The number of rotatable bonds is 6. The van der Waals surface area contributed by atoms with Crippen molar-refractivity contribution in [2.45, 2.75) is 19.5 Å². The van der Waals surface area contributed by atoms with Crippen molar-refractivity contribution in [2.75, 3.05) is 7.11 Å². The lowest BCUT2D eigenvalue weighted by atomic mass is 9.98. The Balaban J connectivity index is 1.89. The van der Waals surface area contributed by atoms with E-state index in [1.807, 2.05) is 61.5 Å². The highest BCUT2D eigenvalue weighted by atomic mass is 35.5. The predicted molar refractivity (Wildman–Crippen MR) is 94.4 cm³/mol. The van der Waals surface area contributed by atoms with Crippen LogP contribution >= 0.6 is 11.6 Å². The number of aryl methyl sites for hydroxylation is 1. The third kappa shape index (κ3) is 3.78. The molecule has 0 amide bonds. The molecule has 3 rings (SSSR count). The van der Waals surface area contributed by atoms with Crippen molar-refractivity contribution in [3.63, 3.8) is 0 Å². The van der Waals surface area contributed by atoms with Gasteiger partial charge in [0, 0.05) is 17.6 Å². The molecule has 0 saturated carbocycles. The smallest absolute Gasteiger partial charge is 0.133 e. The second-order valence-electron chi connectivity index (χ2n) is 5.54. The van der Waals surface area contributed by atoms with Crippen molar-refractivity contribution < 1.29 is 9.26 Å². The molecular weight excluding hydrogens is 324 g/mol. The van der Waals surface area contributed by atoms with Crippen LogP contribution in [0.3, 0.4) is 0 Å². The number of halogens is 1. The molecule has 1 aromatic heterocycles. The van der Waals surface area contributed by atoms with Gasteiger partial charge in [0.15, 0.2) is 0 Å². The normalized spacial score (nSPS) is 12.1. The number of methoxy groups -OCH3 is 1. The summed E-state index contributed by atoms with van der Waals surface area (Å²) in [4.78, 5) is 0. The van der Waals surface area contributed by atoms with E-state index in [4.69, 9.17) is 20.9 Å². The van der Waals surface area contributed by atoms with E-state index in [2.05, 4.69) is 10.5 Å². The summed E-state index contributed by atoms with van der Waals surface area (Å²) in [7, 11) is 1.66. The van der Waals surface area contributed by atoms with Gasteiger partial charge in [0.05, 0.1) is 18.8 Å². The van der Waals surface area contributed by atoms with Gasteiger partial charge in [0.2, 0.25) is 0 Å². The molecule has 5 heteroatoms. The first kappa shape index (κ1) is 16.6. The quantitative estimate of drug-likeness (QED) is 0.715. The Hall–Kier alpha value is -2.30. The zero-order chi connectivity index (χ0) is 16.9. The van der Waals surface area contributed by atoms with Gasteiger partial charge >= 0.3 is 0 Å². The largest absolute Gasteiger partial charge is 0.497 e. The summed E-state index contributed by atoms with van der Waals surface area (Å²) in [6.45, 7) is 2.46. The maximum atomic E-state index is 6.41. The minimum Gasteiger partial charge on any atom is -0.497 e. The summed E-state index contributed by atoms with van der Waals surface area (Å²) in [6, 6.07) is 17.7. The van der Waals surface area contributed by atoms with Gasteiger partial charge in [0.25, 0.3) is 0 Å². The predicted octanol–water partition coefficient (Wildman–Crippen LogP) is 4.52. The van der Waals surface area contributed by atoms with Crippen molar-refractivity contribution in [3.05, 3.63) is 82.2 Å². The zero-order valence-electron chi connectivity index (χ0n) is 13.6. The molecule has 0 aliphatic rings. The Morgan fingerprint density at radius 1 is 1.17 bits per heavy atom. The molecule has 0 aliphatic heterocycles. The van der Waals surface area contributed by atoms with Crippen LogP contribution in [-0.2, 0) is 6.54 Å². The average molecular weight is 343 g/mol. The molecule has 1 unspecified atom stereocenters. The van der Waals surface area contributed by atoms with Gasteiger partial charge in [-0.2, -0.15) is 0 Å². The number of hydrogen-bond donors (Lipinski definition) is 1. The Morgan fingerprint density at radius 3 is 2.54 bits per heavy atom. The van der Waals surface area contributed by atoms with Crippen molar-refractivity contribution >= 4 is 11.6 Å². The van der Waals surface area contributed by atoms with Crippen LogP contribution in [0.25, 0.3) is 0 Å². The molecule has 0 fully saturated rings. The van der Waals surface area contributed by atoms with Gasteiger partial charge in [-0.1, -0.05) is 47.1 Å². The van der Waals surface area contributed by atoms with Gasteiger partial charge in [-0.3, -0.25) is 0 Å². The van der Waals surface area contributed by atoms with Crippen molar-refractivity contribution in [1.82, 2.24) is 10.5 Å². The first-order valence-corrected chi connectivity index (χ1v) is 8.09. The van der Waals surface area contributed by atoms with Gasteiger partial charge in [0.1, 0.15) is 11.5 Å². The monoisotopic (exact) mass is 342 g/mol. The third-order valence-electron chi connectivity index (χ3n) is 3.83. The molecule has 0 radical (unpaired) electrons. The summed E-state index contributed by atoms with van der Waals surface area (Å²) in [5.74, 6) is 1.62. The molecule has 4 nitrogen and oxygen atoms in total. The molecule has 0 aliphatic carbocycles. The van der Waals surface area contributed by atoms with Crippen molar-refractivity contribution in [1.29, 1.82) is 0 Å². The molecule has 0 bridgehead atoms. The van der Waals surface area contributed by atoms with Crippen LogP contribution in [0.1, 0.15) is 28.6 Å². The second kappa shape index (κ2) is 7.51. The van der Waals surface area contributed by atoms with Crippen LogP contribution in [0.4, 0.5) is 0 Å². The number of aromatic nitrogens is 1. The van der Waals surface area contributed by atoms with Crippen molar-refractivity contribution in [3.8, 4) is 5.75 Å². The summed E-state index contributed by atoms with van der Waals surface area (Å²) >= 11 is 6.41. The van der Waals surface area contributed by atoms with Crippen LogP contribution in [0.2, 0.25) is 5.02 Å². The average Bonchev–Trinajstić information content (AvgIpc) is 3.02. The topological polar surface area (TPSA) is 47.3 Å².